The first-order valence-electron chi connectivity index (χ1n) is 5.99. The number of para-hydroxylation sites is 1. The zero-order valence-electron chi connectivity index (χ0n) is 10.4. The zero-order valence-corrected chi connectivity index (χ0v) is 12.0. The van der Waals surface area contributed by atoms with E-state index in [2.05, 4.69) is 9.97 Å². The van der Waals surface area contributed by atoms with Crippen molar-refractivity contribution in [3.63, 3.8) is 0 Å². The molecule has 3 aromatic rings. The molecule has 0 saturated heterocycles. The Morgan fingerprint density at radius 2 is 2.05 bits per heavy atom. The van der Waals surface area contributed by atoms with Gasteiger partial charge in [0.15, 0.2) is 5.82 Å². The number of thiophene rings is 1. The third-order valence-corrected chi connectivity index (χ3v) is 3.92. The molecule has 0 bridgehead atoms. The number of ether oxygens (including phenoxy) is 1. The van der Waals surface area contributed by atoms with Gasteiger partial charge in [-0.25, -0.2) is 9.97 Å². The fourth-order valence-electron chi connectivity index (χ4n) is 1.84. The molecule has 0 fully saturated rings. The Morgan fingerprint density at radius 3 is 2.90 bits per heavy atom. The summed E-state index contributed by atoms with van der Waals surface area (Å²) in [7, 11) is 0. The molecule has 0 aliphatic carbocycles. The van der Waals surface area contributed by atoms with Crippen LogP contribution in [0.4, 0.5) is 0 Å². The van der Waals surface area contributed by atoms with Gasteiger partial charge < -0.3 is 9.84 Å². The number of rotatable bonds is 4. The van der Waals surface area contributed by atoms with E-state index >= 15 is 0 Å². The average molecular weight is 307 g/mol. The Kier molecular flexibility index (Phi) is 3.82. The summed E-state index contributed by atoms with van der Waals surface area (Å²) in [6, 6.07) is 9.21. The van der Waals surface area contributed by atoms with E-state index in [9.17, 15) is 5.11 Å². The first-order valence-corrected chi connectivity index (χ1v) is 7.25. The first-order chi connectivity index (χ1) is 9.78. The Morgan fingerprint density at radius 1 is 1.20 bits per heavy atom. The molecule has 20 heavy (non-hydrogen) atoms. The molecule has 1 N–H and O–H groups in total. The van der Waals surface area contributed by atoms with Crippen LogP contribution in [0.3, 0.4) is 0 Å². The summed E-state index contributed by atoms with van der Waals surface area (Å²) in [4.78, 5) is 9.47. The van der Waals surface area contributed by atoms with Gasteiger partial charge in [-0.3, -0.25) is 0 Å². The van der Waals surface area contributed by atoms with Gasteiger partial charge in [-0.1, -0.05) is 29.8 Å². The second-order valence-electron chi connectivity index (χ2n) is 4.12. The quantitative estimate of drug-likeness (QED) is 0.750. The van der Waals surface area contributed by atoms with Crippen molar-refractivity contribution in [3.05, 3.63) is 52.3 Å². The lowest BCUT2D eigenvalue weighted by atomic mass is 10.2. The monoisotopic (exact) mass is 306 g/mol. The van der Waals surface area contributed by atoms with Crippen molar-refractivity contribution < 1.29 is 9.84 Å². The molecule has 0 aliphatic rings. The van der Waals surface area contributed by atoms with Crippen molar-refractivity contribution in [2.24, 2.45) is 0 Å². The predicted molar refractivity (Wildman–Crippen MR) is 79.1 cm³/mol. The average Bonchev–Trinajstić information content (AvgIpc) is 2.94. The number of hydrogen-bond acceptors (Lipinski definition) is 5. The Labute approximate surface area is 124 Å². The fourth-order valence-corrected chi connectivity index (χ4v) is 2.93. The number of nitrogens with zero attached hydrogens (tertiary/aromatic N) is 2. The minimum absolute atomic E-state index is 0.0677. The molecule has 0 unspecified atom stereocenters. The number of aromatic nitrogens is 2. The number of halogens is 1. The summed E-state index contributed by atoms with van der Waals surface area (Å²) in [6.45, 7) is 0.145. The number of hydrogen-bond donors (Lipinski definition) is 1. The minimum Gasteiger partial charge on any atom is -0.485 e. The van der Waals surface area contributed by atoms with Crippen molar-refractivity contribution in [2.45, 2.75) is 13.2 Å². The second-order valence-corrected chi connectivity index (χ2v) is 5.38. The molecule has 6 heteroatoms. The lowest BCUT2D eigenvalue weighted by molar-refractivity contribution is 0.256. The maximum absolute atomic E-state index is 9.24. The smallest absolute Gasteiger partial charge is 0.169 e. The van der Waals surface area contributed by atoms with Crippen LogP contribution in [-0.4, -0.2) is 15.1 Å². The summed E-state index contributed by atoms with van der Waals surface area (Å²) in [5.74, 6) is 1.15. The van der Waals surface area contributed by atoms with Gasteiger partial charge in [0, 0.05) is 10.9 Å². The molecule has 4 nitrogen and oxygen atoms in total. The van der Waals surface area contributed by atoms with Crippen LogP contribution in [0.1, 0.15) is 11.4 Å². The standard InChI is InChI=1S/C14H11ClN2O2S/c15-13-10-5-6-20-14(10)17-12(16-13)8-19-11-4-2-1-3-9(11)7-18/h1-6,18H,7-8H2. The van der Waals surface area contributed by atoms with Gasteiger partial charge in [0.1, 0.15) is 22.3 Å². The fraction of sp³-hybridized carbons (Fsp3) is 0.143. The van der Waals surface area contributed by atoms with Crippen LogP contribution in [0, 0.1) is 0 Å². The molecule has 0 radical (unpaired) electrons. The number of benzene rings is 1. The topological polar surface area (TPSA) is 55.2 Å². The van der Waals surface area contributed by atoms with Gasteiger partial charge >= 0.3 is 0 Å². The van der Waals surface area contributed by atoms with Crippen molar-refractivity contribution in [1.82, 2.24) is 9.97 Å². The van der Waals surface area contributed by atoms with E-state index in [1.54, 1.807) is 6.07 Å². The Balaban J connectivity index is 1.83. The summed E-state index contributed by atoms with van der Waals surface area (Å²) < 4.78 is 5.66. The number of aliphatic hydroxyl groups excluding tert-OH is 1. The highest BCUT2D eigenvalue weighted by molar-refractivity contribution is 7.16. The van der Waals surface area contributed by atoms with Gasteiger partial charge in [0.05, 0.1) is 6.61 Å². The maximum atomic E-state index is 9.24. The summed E-state index contributed by atoms with van der Waals surface area (Å²) in [6.07, 6.45) is 0. The van der Waals surface area contributed by atoms with E-state index < -0.39 is 0 Å². The van der Waals surface area contributed by atoms with Gasteiger partial charge in [0.2, 0.25) is 0 Å². The van der Waals surface area contributed by atoms with Gasteiger partial charge in [0.25, 0.3) is 0 Å². The van der Waals surface area contributed by atoms with E-state index in [0.29, 0.717) is 16.7 Å². The molecule has 0 spiro atoms. The van der Waals surface area contributed by atoms with E-state index in [0.717, 1.165) is 15.8 Å². The second kappa shape index (κ2) is 5.75. The van der Waals surface area contributed by atoms with Gasteiger partial charge in [-0.2, -0.15) is 0 Å². The van der Waals surface area contributed by atoms with Crippen LogP contribution in [-0.2, 0) is 13.2 Å². The Bertz CT molecular complexity index is 745. The third-order valence-electron chi connectivity index (χ3n) is 2.82. The molecule has 3 rings (SSSR count). The highest BCUT2D eigenvalue weighted by atomic mass is 35.5. The molecule has 0 saturated carbocycles. The van der Waals surface area contributed by atoms with Crippen LogP contribution in [0.25, 0.3) is 10.2 Å². The van der Waals surface area contributed by atoms with Crippen LogP contribution >= 0.6 is 22.9 Å². The predicted octanol–water partition coefficient (Wildman–Crippen LogP) is 3.42. The van der Waals surface area contributed by atoms with Crippen LogP contribution in [0.15, 0.2) is 35.7 Å². The van der Waals surface area contributed by atoms with E-state index in [1.807, 2.05) is 29.6 Å². The molecule has 102 valence electrons. The van der Waals surface area contributed by atoms with Crippen molar-refractivity contribution in [2.75, 3.05) is 0 Å². The van der Waals surface area contributed by atoms with Crippen LogP contribution in [0.2, 0.25) is 5.15 Å². The Hall–Kier alpha value is -1.69. The summed E-state index contributed by atoms with van der Waals surface area (Å²) >= 11 is 7.62. The summed E-state index contributed by atoms with van der Waals surface area (Å²) in [5, 5.41) is 12.5. The first kappa shape index (κ1) is 13.3. The van der Waals surface area contributed by atoms with E-state index in [-0.39, 0.29) is 13.2 Å². The lowest BCUT2D eigenvalue weighted by Crippen LogP contribution is -2.03. The lowest BCUT2D eigenvalue weighted by Gasteiger charge is -2.09. The van der Waals surface area contributed by atoms with Crippen molar-refractivity contribution in [3.8, 4) is 5.75 Å². The van der Waals surface area contributed by atoms with Crippen LogP contribution < -0.4 is 4.74 Å². The van der Waals surface area contributed by atoms with E-state index in [1.165, 1.54) is 11.3 Å². The van der Waals surface area contributed by atoms with Crippen molar-refractivity contribution in [1.29, 1.82) is 0 Å². The molecular formula is C14H11ClN2O2S. The minimum atomic E-state index is -0.0677. The molecular weight excluding hydrogens is 296 g/mol. The SMILES string of the molecule is OCc1ccccc1OCc1nc(Cl)c2ccsc2n1. The highest BCUT2D eigenvalue weighted by Crippen LogP contribution is 2.25. The number of fused-ring (bicyclic) bond motifs is 1. The molecule has 2 heterocycles. The maximum Gasteiger partial charge on any atom is 0.169 e. The van der Waals surface area contributed by atoms with Crippen molar-refractivity contribution >= 4 is 33.2 Å². The third kappa shape index (κ3) is 2.60. The van der Waals surface area contributed by atoms with Gasteiger partial charge in [-0.05, 0) is 17.5 Å². The summed E-state index contributed by atoms with van der Waals surface area (Å²) in [5.41, 5.74) is 0.732. The molecule has 0 amide bonds. The van der Waals surface area contributed by atoms with Gasteiger partial charge in [-0.15, -0.1) is 11.3 Å². The number of aliphatic hydroxyl groups is 1. The normalized spacial score (nSPS) is 10.9. The largest absolute Gasteiger partial charge is 0.485 e. The zero-order chi connectivity index (χ0) is 13.9. The molecule has 2 aromatic heterocycles. The molecule has 0 aliphatic heterocycles. The molecule has 1 aromatic carbocycles. The van der Waals surface area contributed by atoms with E-state index in [4.69, 9.17) is 16.3 Å². The highest BCUT2D eigenvalue weighted by Gasteiger charge is 2.08. The molecule has 0 atom stereocenters. The van der Waals surface area contributed by atoms with Crippen LogP contribution in [0.5, 0.6) is 5.75 Å².